The Morgan fingerprint density at radius 3 is 2.33 bits per heavy atom. The minimum Gasteiger partial charge on any atom is -0.484 e. The molecular formula is C15H21ClN2O3. The fourth-order valence-corrected chi connectivity index (χ4v) is 1.69. The number of carbonyl (C=O) groups excluding carboxylic acids is 2. The normalized spacial score (nSPS) is 10.0. The summed E-state index contributed by atoms with van der Waals surface area (Å²) in [6.07, 6.45) is 1.07. The molecule has 2 amide bonds. The van der Waals surface area contributed by atoms with E-state index in [4.69, 9.17) is 16.3 Å². The van der Waals surface area contributed by atoms with E-state index >= 15 is 0 Å². The molecule has 21 heavy (non-hydrogen) atoms. The predicted octanol–water partition coefficient (Wildman–Crippen LogP) is 1.63. The monoisotopic (exact) mass is 312 g/mol. The first-order chi connectivity index (χ1) is 10.1. The van der Waals surface area contributed by atoms with Crippen molar-refractivity contribution in [2.75, 3.05) is 25.6 Å². The minimum absolute atomic E-state index is 0.0384. The Balaban J connectivity index is 2.08. The summed E-state index contributed by atoms with van der Waals surface area (Å²) in [6, 6.07) is 7.48. The summed E-state index contributed by atoms with van der Waals surface area (Å²) in [6.45, 7) is 2.72. The molecule has 2 N–H and O–H groups in total. The molecule has 0 bridgehead atoms. The number of hydrogen-bond donors (Lipinski definition) is 2. The Hall–Kier alpha value is -1.75. The van der Waals surface area contributed by atoms with Crippen molar-refractivity contribution in [2.45, 2.75) is 19.8 Å². The number of hydrogen-bond acceptors (Lipinski definition) is 3. The number of halogens is 1. The van der Waals surface area contributed by atoms with Gasteiger partial charge in [-0.3, -0.25) is 9.59 Å². The lowest BCUT2D eigenvalue weighted by atomic mass is 10.2. The van der Waals surface area contributed by atoms with Crippen LogP contribution in [-0.4, -0.2) is 37.4 Å². The average Bonchev–Trinajstić information content (AvgIpc) is 2.49. The van der Waals surface area contributed by atoms with Crippen LogP contribution in [0.5, 0.6) is 5.75 Å². The molecule has 1 aromatic rings. The van der Waals surface area contributed by atoms with Gasteiger partial charge in [-0.15, -0.1) is 11.6 Å². The molecule has 0 spiro atoms. The van der Waals surface area contributed by atoms with E-state index in [0.29, 0.717) is 37.6 Å². The summed E-state index contributed by atoms with van der Waals surface area (Å²) in [5.41, 5.74) is 1.14. The highest BCUT2D eigenvalue weighted by Crippen LogP contribution is 2.10. The Labute approximate surface area is 130 Å². The van der Waals surface area contributed by atoms with Crippen LogP contribution >= 0.6 is 11.6 Å². The minimum atomic E-state index is -0.217. The predicted molar refractivity (Wildman–Crippen MR) is 82.6 cm³/mol. The molecule has 0 fully saturated rings. The first-order valence-corrected chi connectivity index (χ1v) is 7.44. The van der Waals surface area contributed by atoms with Gasteiger partial charge >= 0.3 is 0 Å². The zero-order chi connectivity index (χ0) is 15.5. The summed E-state index contributed by atoms with van der Waals surface area (Å²) in [5.74, 6) is 0.858. The first kappa shape index (κ1) is 17.3. The lowest BCUT2D eigenvalue weighted by Crippen LogP contribution is -2.36. The van der Waals surface area contributed by atoms with Gasteiger partial charge in [-0.05, 0) is 25.5 Å². The summed E-state index contributed by atoms with van der Waals surface area (Å²) in [5, 5.41) is 5.37. The van der Waals surface area contributed by atoms with Crippen LogP contribution in [0.1, 0.15) is 18.4 Å². The van der Waals surface area contributed by atoms with Gasteiger partial charge in [0, 0.05) is 25.4 Å². The maximum Gasteiger partial charge on any atom is 0.258 e. The molecule has 0 radical (unpaired) electrons. The van der Waals surface area contributed by atoms with Crippen molar-refractivity contribution in [3.8, 4) is 5.75 Å². The Morgan fingerprint density at radius 2 is 1.71 bits per heavy atom. The van der Waals surface area contributed by atoms with Gasteiger partial charge in [0.2, 0.25) is 5.91 Å². The van der Waals surface area contributed by atoms with Crippen LogP contribution in [0.4, 0.5) is 0 Å². The molecule has 116 valence electrons. The third-order valence-corrected chi connectivity index (χ3v) is 2.96. The molecule has 6 heteroatoms. The van der Waals surface area contributed by atoms with Crippen molar-refractivity contribution in [1.29, 1.82) is 0 Å². The van der Waals surface area contributed by atoms with Gasteiger partial charge in [-0.1, -0.05) is 17.7 Å². The molecule has 0 aromatic heterocycles. The van der Waals surface area contributed by atoms with E-state index in [1.807, 2.05) is 31.2 Å². The van der Waals surface area contributed by atoms with Gasteiger partial charge in [0.05, 0.1) is 0 Å². The fraction of sp³-hybridized carbons (Fsp3) is 0.467. The lowest BCUT2D eigenvalue weighted by Gasteiger charge is -2.08. The number of nitrogens with one attached hydrogen (secondary N) is 2. The van der Waals surface area contributed by atoms with E-state index < -0.39 is 0 Å². The number of alkyl halides is 1. The first-order valence-electron chi connectivity index (χ1n) is 6.90. The summed E-state index contributed by atoms with van der Waals surface area (Å²) in [4.78, 5) is 22.8. The molecule has 1 rings (SSSR count). The van der Waals surface area contributed by atoms with Crippen LogP contribution in [0.2, 0.25) is 0 Å². The molecule has 0 heterocycles. The second-order valence-electron chi connectivity index (χ2n) is 4.59. The van der Waals surface area contributed by atoms with Crippen molar-refractivity contribution in [1.82, 2.24) is 10.6 Å². The summed E-state index contributed by atoms with van der Waals surface area (Å²) in [7, 11) is 0. The van der Waals surface area contributed by atoms with E-state index in [1.165, 1.54) is 0 Å². The SMILES string of the molecule is Cc1ccc(OCC(=O)NCCNC(=O)CCCCl)cc1. The number of rotatable bonds is 9. The number of ether oxygens (including phenoxy) is 1. The average molecular weight is 313 g/mol. The molecule has 1 aromatic carbocycles. The van der Waals surface area contributed by atoms with Crippen molar-refractivity contribution in [3.63, 3.8) is 0 Å². The third kappa shape index (κ3) is 8.19. The standard InChI is InChI=1S/C15H21ClN2O3/c1-12-4-6-13(7-5-12)21-11-15(20)18-10-9-17-14(19)3-2-8-16/h4-7H,2-3,8-11H2,1H3,(H,17,19)(H,18,20). The maximum atomic E-state index is 11.5. The molecular weight excluding hydrogens is 292 g/mol. The van der Waals surface area contributed by atoms with E-state index in [0.717, 1.165) is 5.56 Å². The number of benzene rings is 1. The van der Waals surface area contributed by atoms with Crippen LogP contribution in [0, 0.1) is 6.92 Å². The van der Waals surface area contributed by atoms with Gasteiger partial charge < -0.3 is 15.4 Å². The van der Waals surface area contributed by atoms with E-state index in [1.54, 1.807) is 0 Å². The molecule has 0 saturated heterocycles. The van der Waals surface area contributed by atoms with Crippen LogP contribution in [0.15, 0.2) is 24.3 Å². The topological polar surface area (TPSA) is 67.4 Å². The van der Waals surface area contributed by atoms with Crippen LogP contribution in [0.25, 0.3) is 0 Å². The Morgan fingerprint density at radius 1 is 1.10 bits per heavy atom. The van der Waals surface area contributed by atoms with E-state index in [9.17, 15) is 9.59 Å². The Kier molecular flexibility index (Phi) is 8.28. The smallest absolute Gasteiger partial charge is 0.258 e. The molecule has 0 unspecified atom stereocenters. The van der Waals surface area contributed by atoms with Crippen LogP contribution in [0.3, 0.4) is 0 Å². The molecule has 5 nitrogen and oxygen atoms in total. The Bertz CT molecular complexity index is 449. The molecule has 0 saturated carbocycles. The molecule has 0 atom stereocenters. The van der Waals surface area contributed by atoms with Gasteiger partial charge in [-0.25, -0.2) is 0 Å². The molecule has 0 aliphatic carbocycles. The second kappa shape index (κ2) is 10.0. The quantitative estimate of drug-likeness (QED) is 0.538. The number of carbonyl (C=O) groups is 2. The number of amides is 2. The number of aryl methyl sites for hydroxylation is 1. The van der Waals surface area contributed by atoms with Gasteiger partial charge in [0.25, 0.3) is 5.91 Å². The zero-order valence-electron chi connectivity index (χ0n) is 12.2. The van der Waals surface area contributed by atoms with Crippen LogP contribution in [-0.2, 0) is 9.59 Å². The van der Waals surface area contributed by atoms with Gasteiger partial charge in [-0.2, -0.15) is 0 Å². The van der Waals surface area contributed by atoms with E-state index in [-0.39, 0.29) is 18.4 Å². The summed E-state index contributed by atoms with van der Waals surface area (Å²) < 4.78 is 5.34. The van der Waals surface area contributed by atoms with Crippen molar-refractivity contribution in [2.24, 2.45) is 0 Å². The van der Waals surface area contributed by atoms with Crippen molar-refractivity contribution in [3.05, 3.63) is 29.8 Å². The lowest BCUT2D eigenvalue weighted by molar-refractivity contribution is -0.124. The highest BCUT2D eigenvalue weighted by atomic mass is 35.5. The largest absolute Gasteiger partial charge is 0.484 e. The van der Waals surface area contributed by atoms with E-state index in [2.05, 4.69) is 10.6 Å². The highest BCUT2D eigenvalue weighted by molar-refractivity contribution is 6.17. The van der Waals surface area contributed by atoms with Crippen LogP contribution < -0.4 is 15.4 Å². The molecule has 0 aliphatic rings. The highest BCUT2D eigenvalue weighted by Gasteiger charge is 2.03. The van der Waals surface area contributed by atoms with Crippen molar-refractivity contribution < 1.29 is 14.3 Å². The fourth-order valence-electron chi connectivity index (χ4n) is 1.55. The van der Waals surface area contributed by atoms with Crippen molar-refractivity contribution >= 4 is 23.4 Å². The zero-order valence-corrected chi connectivity index (χ0v) is 12.9. The second-order valence-corrected chi connectivity index (χ2v) is 4.97. The van der Waals surface area contributed by atoms with Gasteiger partial charge in [0.15, 0.2) is 6.61 Å². The maximum absolute atomic E-state index is 11.5. The molecule has 0 aliphatic heterocycles. The summed E-state index contributed by atoms with van der Waals surface area (Å²) >= 11 is 5.49. The third-order valence-electron chi connectivity index (χ3n) is 2.70. The van der Waals surface area contributed by atoms with Gasteiger partial charge in [0.1, 0.15) is 5.75 Å².